The van der Waals surface area contributed by atoms with Crippen molar-refractivity contribution >= 4 is 17.4 Å². The normalized spacial score (nSPS) is 13.6. The first-order valence-corrected chi connectivity index (χ1v) is 7.07. The number of urea groups is 1. The number of hydrogen-bond donors (Lipinski definition) is 2. The van der Waals surface area contributed by atoms with E-state index in [4.69, 9.17) is 4.74 Å². The topological polar surface area (TPSA) is 50.4 Å². The van der Waals surface area contributed by atoms with Crippen molar-refractivity contribution in [2.75, 3.05) is 17.7 Å². The zero-order valence-electron chi connectivity index (χ0n) is 11.9. The average molecular weight is 282 g/mol. The van der Waals surface area contributed by atoms with Crippen LogP contribution in [-0.2, 0) is 0 Å². The summed E-state index contributed by atoms with van der Waals surface area (Å²) in [5.74, 6) is 1.36. The Morgan fingerprint density at radius 1 is 1.05 bits per heavy atom. The number of ether oxygens (including phenoxy) is 1. The molecule has 0 saturated heterocycles. The van der Waals surface area contributed by atoms with Gasteiger partial charge >= 0.3 is 6.03 Å². The number of nitrogens with one attached hydrogen (secondary N) is 2. The highest BCUT2D eigenvalue weighted by Gasteiger charge is 2.26. The highest BCUT2D eigenvalue weighted by molar-refractivity contribution is 6.00. The smallest absolute Gasteiger partial charge is 0.323 e. The highest BCUT2D eigenvalue weighted by Crippen LogP contribution is 2.43. The Labute approximate surface area is 124 Å². The van der Waals surface area contributed by atoms with E-state index in [2.05, 4.69) is 16.7 Å². The number of carbonyl (C=O) groups is 1. The zero-order valence-corrected chi connectivity index (χ0v) is 11.9. The van der Waals surface area contributed by atoms with Gasteiger partial charge in [-0.15, -0.1) is 0 Å². The molecule has 1 aliphatic rings. The molecule has 1 saturated carbocycles. The number of rotatable bonds is 4. The van der Waals surface area contributed by atoms with Crippen molar-refractivity contribution in [3.63, 3.8) is 0 Å². The fourth-order valence-corrected chi connectivity index (χ4v) is 2.32. The minimum Gasteiger partial charge on any atom is -0.497 e. The van der Waals surface area contributed by atoms with E-state index < -0.39 is 0 Å². The van der Waals surface area contributed by atoms with Gasteiger partial charge in [-0.2, -0.15) is 0 Å². The molecule has 0 unspecified atom stereocenters. The van der Waals surface area contributed by atoms with Crippen molar-refractivity contribution in [3.8, 4) is 5.75 Å². The van der Waals surface area contributed by atoms with Gasteiger partial charge in [0.05, 0.1) is 7.11 Å². The lowest BCUT2D eigenvalue weighted by atomic mass is 10.1. The first-order chi connectivity index (χ1) is 10.3. The van der Waals surface area contributed by atoms with Crippen LogP contribution in [0.4, 0.5) is 16.2 Å². The van der Waals surface area contributed by atoms with Gasteiger partial charge in [0.25, 0.3) is 0 Å². The summed E-state index contributed by atoms with van der Waals surface area (Å²) in [5.41, 5.74) is 2.85. The molecule has 0 bridgehead atoms. The van der Waals surface area contributed by atoms with Crippen LogP contribution in [0.5, 0.6) is 5.75 Å². The molecule has 0 aromatic heterocycles. The number of carbonyl (C=O) groups excluding carboxylic acids is 1. The highest BCUT2D eigenvalue weighted by atomic mass is 16.5. The monoisotopic (exact) mass is 282 g/mol. The molecule has 3 rings (SSSR count). The Balaban J connectivity index is 1.66. The van der Waals surface area contributed by atoms with Crippen LogP contribution in [0.2, 0.25) is 0 Å². The van der Waals surface area contributed by atoms with Crippen LogP contribution in [0.3, 0.4) is 0 Å². The fourth-order valence-electron chi connectivity index (χ4n) is 2.32. The van der Waals surface area contributed by atoms with Gasteiger partial charge in [0, 0.05) is 11.4 Å². The number of benzene rings is 2. The molecule has 2 N–H and O–H groups in total. The maximum atomic E-state index is 12.1. The predicted octanol–water partition coefficient (Wildman–Crippen LogP) is 4.22. The van der Waals surface area contributed by atoms with Gasteiger partial charge in [0.1, 0.15) is 5.75 Å². The summed E-state index contributed by atoms with van der Waals surface area (Å²) in [5, 5.41) is 5.75. The van der Waals surface area contributed by atoms with E-state index in [9.17, 15) is 4.79 Å². The fraction of sp³-hybridized carbons (Fsp3) is 0.235. The Kier molecular flexibility index (Phi) is 3.77. The second-order valence-electron chi connectivity index (χ2n) is 5.17. The van der Waals surface area contributed by atoms with Crippen molar-refractivity contribution < 1.29 is 9.53 Å². The lowest BCUT2D eigenvalue weighted by Crippen LogP contribution is -2.20. The van der Waals surface area contributed by atoms with Crippen molar-refractivity contribution in [1.29, 1.82) is 0 Å². The van der Waals surface area contributed by atoms with Crippen LogP contribution in [-0.4, -0.2) is 13.1 Å². The van der Waals surface area contributed by atoms with Crippen LogP contribution >= 0.6 is 0 Å². The van der Waals surface area contributed by atoms with Gasteiger partial charge in [0.15, 0.2) is 0 Å². The van der Waals surface area contributed by atoms with Gasteiger partial charge in [-0.3, -0.25) is 0 Å². The summed E-state index contributed by atoms with van der Waals surface area (Å²) in [6, 6.07) is 15.0. The molecular formula is C17H18N2O2. The summed E-state index contributed by atoms with van der Waals surface area (Å²) in [6.45, 7) is 0. The predicted molar refractivity (Wildman–Crippen MR) is 84.1 cm³/mol. The minimum absolute atomic E-state index is 0.228. The molecule has 0 aliphatic heterocycles. The second-order valence-corrected chi connectivity index (χ2v) is 5.17. The van der Waals surface area contributed by atoms with Crippen molar-refractivity contribution in [1.82, 2.24) is 0 Å². The Hall–Kier alpha value is -2.49. The number of anilines is 2. The molecule has 2 amide bonds. The molecule has 21 heavy (non-hydrogen) atoms. The molecular weight excluding hydrogens is 264 g/mol. The summed E-state index contributed by atoms with van der Waals surface area (Å²) in [6.07, 6.45) is 2.41. The summed E-state index contributed by atoms with van der Waals surface area (Å²) < 4.78 is 5.09. The third-order valence-electron chi connectivity index (χ3n) is 3.57. The van der Waals surface area contributed by atoms with Crippen LogP contribution in [0, 0.1) is 0 Å². The lowest BCUT2D eigenvalue weighted by molar-refractivity contribution is 0.262. The van der Waals surface area contributed by atoms with Crippen LogP contribution in [0.1, 0.15) is 24.3 Å². The van der Waals surface area contributed by atoms with Crippen molar-refractivity contribution in [2.45, 2.75) is 18.8 Å². The number of hydrogen-bond acceptors (Lipinski definition) is 2. The molecule has 0 radical (unpaired) electrons. The first-order valence-electron chi connectivity index (χ1n) is 7.07. The second kappa shape index (κ2) is 5.87. The SMILES string of the molecule is COc1ccc(NC(=O)Nc2ccccc2C2CC2)cc1. The number of amides is 2. The molecule has 0 atom stereocenters. The van der Waals surface area contributed by atoms with Gasteiger partial charge in [-0.25, -0.2) is 4.79 Å². The summed E-state index contributed by atoms with van der Waals surface area (Å²) in [4.78, 5) is 12.1. The standard InChI is InChI=1S/C17H18N2O2/c1-21-14-10-8-13(9-11-14)18-17(20)19-16-5-3-2-4-15(16)12-6-7-12/h2-5,8-12H,6-7H2,1H3,(H2,18,19,20). The third kappa shape index (κ3) is 3.34. The Morgan fingerprint density at radius 2 is 1.76 bits per heavy atom. The molecule has 0 spiro atoms. The van der Waals surface area contributed by atoms with E-state index in [0.29, 0.717) is 5.92 Å². The van der Waals surface area contributed by atoms with Crippen molar-refractivity contribution in [3.05, 3.63) is 54.1 Å². The van der Waals surface area contributed by atoms with E-state index in [1.807, 2.05) is 42.5 Å². The molecule has 4 nitrogen and oxygen atoms in total. The van der Waals surface area contributed by atoms with E-state index in [-0.39, 0.29) is 6.03 Å². The zero-order chi connectivity index (χ0) is 14.7. The molecule has 4 heteroatoms. The van der Waals surface area contributed by atoms with Gasteiger partial charge < -0.3 is 15.4 Å². The Bertz CT molecular complexity index is 633. The molecule has 2 aromatic carbocycles. The van der Waals surface area contributed by atoms with E-state index in [1.165, 1.54) is 18.4 Å². The summed E-state index contributed by atoms with van der Waals surface area (Å²) in [7, 11) is 1.62. The quantitative estimate of drug-likeness (QED) is 0.882. The first kappa shape index (κ1) is 13.5. The average Bonchev–Trinajstić information content (AvgIpc) is 3.33. The van der Waals surface area contributed by atoms with E-state index in [1.54, 1.807) is 7.11 Å². The van der Waals surface area contributed by atoms with Gasteiger partial charge in [0.2, 0.25) is 0 Å². The molecule has 0 heterocycles. The maximum absolute atomic E-state index is 12.1. The minimum atomic E-state index is -0.228. The number of para-hydroxylation sites is 1. The largest absolute Gasteiger partial charge is 0.497 e. The molecule has 1 aliphatic carbocycles. The van der Waals surface area contributed by atoms with Gasteiger partial charge in [-0.1, -0.05) is 18.2 Å². The Morgan fingerprint density at radius 3 is 2.43 bits per heavy atom. The van der Waals surface area contributed by atoms with E-state index in [0.717, 1.165) is 17.1 Å². The summed E-state index contributed by atoms with van der Waals surface area (Å²) >= 11 is 0. The molecule has 108 valence electrons. The molecule has 1 fully saturated rings. The number of methoxy groups -OCH3 is 1. The van der Waals surface area contributed by atoms with Crippen LogP contribution in [0.25, 0.3) is 0 Å². The van der Waals surface area contributed by atoms with Crippen molar-refractivity contribution in [2.24, 2.45) is 0 Å². The third-order valence-corrected chi connectivity index (χ3v) is 3.57. The molecule has 2 aromatic rings. The van der Waals surface area contributed by atoms with Crippen LogP contribution in [0.15, 0.2) is 48.5 Å². The van der Waals surface area contributed by atoms with Gasteiger partial charge in [-0.05, 0) is 54.7 Å². The van der Waals surface area contributed by atoms with E-state index >= 15 is 0 Å². The maximum Gasteiger partial charge on any atom is 0.323 e. The van der Waals surface area contributed by atoms with Crippen LogP contribution < -0.4 is 15.4 Å². The lowest BCUT2D eigenvalue weighted by Gasteiger charge is -2.11.